The zero-order valence-electron chi connectivity index (χ0n) is 11.3. The summed E-state index contributed by atoms with van der Waals surface area (Å²) < 4.78 is 5.13. The van der Waals surface area contributed by atoms with Crippen molar-refractivity contribution in [2.75, 3.05) is 39.8 Å². The van der Waals surface area contributed by atoms with E-state index in [1.807, 2.05) is 4.90 Å². The van der Waals surface area contributed by atoms with E-state index in [-0.39, 0.29) is 12.5 Å². The van der Waals surface area contributed by atoms with E-state index in [2.05, 4.69) is 4.98 Å². The number of ether oxygens (including phenoxy) is 1. The first kappa shape index (κ1) is 14.3. The van der Waals surface area contributed by atoms with Crippen molar-refractivity contribution < 1.29 is 19.4 Å². The third-order valence-electron chi connectivity index (χ3n) is 3.25. The largest absolute Gasteiger partial charge is 0.494 e. The van der Waals surface area contributed by atoms with E-state index in [1.165, 1.54) is 13.3 Å². The van der Waals surface area contributed by atoms with Gasteiger partial charge in [0.25, 0.3) is 5.91 Å². The maximum Gasteiger partial charge on any atom is 0.317 e. The number of carboxylic acid groups (broad SMARTS) is 1. The van der Waals surface area contributed by atoms with Crippen LogP contribution in [-0.4, -0.2) is 71.6 Å². The fraction of sp³-hybridized carbons (Fsp3) is 0.462. The Labute approximate surface area is 116 Å². The van der Waals surface area contributed by atoms with Crippen molar-refractivity contribution >= 4 is 11.9 Å². The summed E-state index contributed by atoms with van der Waals surface area (Å²) in [4.78, 5) is 30.5. The van der Waals surface area contributed by atoms with Crippen LogP contribution in [0.25, 0.3) is 0 Å². The quantitative estimate of drug-likeness (QED) is 0.831. The van der Waals surface area contributed by atoms with Crippen LogP contribution >= 0.6 is 0 Å². The number of nitrogens with zero attached hydrogens (tertiary/aromatic N) is 3. The Morgan fingerprint density at radius 3 is 2.65 bits per heavy atom. The summed E-state index contributed by atoms with van der Waals surface area (Å²) in [5, 5.41) is 8.74. The van der Waals surface area contributed by atoms with Crippen LogP contribution in [0.1, 0.15) is 10.4 Å². The van der Waals surface area contributed by atoms with Crippen LogP contribution in [0, 0.1) is 0 Å². The summed E-state index contributed by atoms with van der Waals surface area (Å²) in [5.74, 6) is -0.509. The molecule has 0 saturated carbocycles. The molecule has 0 spiro atoms. The van der Waals surface area contributed by atoms with E-state index in [1.54, 1.807) is 17.2 Å². The zero-order chi connectivity index (χ0) is 14.5. The normalized spacial score (nSPS) is 15.9. The molecule has 1 fully saturated rings. The highest BCUT2D eigenvalue weighted by Crippen LogP contribution is 2.18. The monoisotopic (exact) mass is 279 g/mol. The summed E-state index contributed by atoms with van der Waals surface area (Å²) in [6, 6.07) is 1.63. The minimum Gasteiger partial charge on any atom is -0.494 e. The number of hydrogen-bond acceptors (Lipinski definition) is 5. The van der Waals surface area contributed by atoms with E-state index in [4.69, 9.17) is 9.84 Å². The van der Waals surface area contributed by atoms with E-state index in [0.717, 1.165) is 0 Å². The third kappa shape index (κ3) is 3.24. The maximum absolute atomic E-state index is 12.4. The molecule has 1 aliphatic heterocycles. The molecule has 0 unspecified atom stereocenters. The lowest BCUT2D eigenvalue weighted by molar-refractivity contribution is -0.138. The Morgan fingerprint density at radius 2 is 2.05 bits per heavy atom. The van der Waals surface area contributed by atoms with Gasteiger partial charge in [-0.25, -0.2) is 0 Å². The fourth-order valence-corrected chi connectivity index (χ4v) is 2.19. The molecule has 108 valence electrons. The summed E-state index contributed by atoms with van der Waals surface area (Å²) in [6.07, 6.45) is 3.06. The van der Waals surface area contributed by atoms with Crippen molar-refractivity contribution in [2.45, 2.75) is 0 Å². The van der Waals surface area contributed by atoms with E-state index < -0.39 is 5.97 Å². The number of carboxylic acids is 1. The number of carbonyl (C=O) groups excluding carboxylic acids is 1. The molecule has 2 rings (SSSR count). The van der Waals surface area contributed by atoms with Gasteiger partial charge in [0, 0.05) is 32.4 Å². The topological polar surface area (TPSA) is 83.0 Å². The van der Waals surface area contributed by atoms with E-state index in [0.29, 0.717) is 37.5 Å². The minimum absolute atomic E-state index is 0.0145. The molecule has 1 aliphatic rings. The SMILES string of the molecule is COc1cnccc1C(=O)N1CCN(CC(=O)O)CC1. The van der Waals surface area contributed by atoms with Gasteiger partial charge in [0.15, 0.2) is 0 Å². The summed E-state index contributed by atoms with van der Waals surface area (Å²) in [6.45, 7) is 2.16. The van der Waals surface area contributed by atoms with Gasteiger partial charge < -0.3 is 14.7 Å². The second-order valence-corrected chi connectivity index (χ2v) is 4.54. The van der Waals surface area contributed by atoms with Crippen LogP contribution in [0.4, 0.5) is 0 Å². The average molecular weight is 279 g/mol. The van der Waals surface area contributed by atoms with Gasteiger partial charge in [0.05, 0.1) is 25.4 Å². The number of rotatable bonds is 4. The van der Waals surface area contributed by atoms with Crippen LogP contribution < -0.4 is 4.74 Å². The number of pyridine rings is 1. The average Bonchev–Trinajstić information content (AvgIpc) is 2.46. The first-order valence-electron chi connectivity index (χ1n) is 6.33. The number of hydrogen-bond donors (Lipinski definition) is 1. The zero-order valence-corrected chi connectivity index (χ0v) is 11.3. The van der Waals surface area contributed by atoms with Crippen LogP contribution in [0.3, 0.4) is 0 Å². The van der Waals surface area contributed by atoms with Crippen molar-refractivity contribution in [3.63, 3.8) is 0 Å². The Hall–Kier alpha value is -2.15. The van der Waals surface area contributed by atoms with Gasteiger partial charge >= 0.3 is 5.97 Å². The van der Waals surface area contributed by atoms with Crippen LogP contribution in [0.2, 0.25) is 0 Å². The van der Waals surface area contributed by atoms with Crippen molar-refractivity contribution in [3.8, 4) is 5.75 Å². The predicted molar refractivity (Wildman–Crippen MR) is 70.8 cm³/mol. The summed E-state index contributed by atoms with van der Waals surface area (Å²) in [5.41, 5.74) is 0.481. The van der Waals surface area contributed by atoms with Crippen molar-refractivity contribution in [2.24, 2.45) is 0 Å². The molecule has 0 radical (unpaired) electrons. The van der Waals surface area contributed by atoms with Crippen LogP contribution in [-0.2, 0) is 4.79 Å². The van der Waals surface area contributed by atoms with Gasteiger partial charge in [0.2, 0.25) is 0 Å². The Bertz CT molecular complexity index is 498. The lowest BCUT2D eigenvalue weighted by atomic mass is 10.2. The number of aliphatic carboxylic acids is 1. The highest BCUT2D eigenvalue weighted by Gasteiger charge is 2.24. The van der Waals surface area contributed by atoms with Gasteiger partial charge in [-0.1, -0.05) is 0 Å². The third-order valence-corrected chi connectivity index (χ3v) is 3.25. The number of carbonyl (C=O) groups is 2. The lowest BCUT2D eigenvalue weighted by Gasteiger charge is -2.34. The molecule has 1 N–H and O–H groups in total. The van der Waals surface area contributed by atoms with Gasteiger partial charge in [0.1, 0.15) is 5.75 Å². The number of amides is 1. The molecule has 0 atom stereocenters. The van der Waals surface area contributed by atoms with E-state index >= 15 is 0 Å². The minimum atomic E-state index is -0.847. The highest BCUT2D eigenvalue weighted by atomic mass is 16.5. The standard InChI is InChI=1S/C13H17N3O4/c1-20-11-8-14-3-2-10(11)13(19)16-6-4-15(5-7-16)9-12(17)18/h2-3,8H,4-7,9H2,1H3,(H,17,18). The number of methoxy groups -OCH3 is 1. The molecule has 2 heterocycles. The van der Waals surface area contributed by atoms with Crippen LogP contribution in [0.5, 0.6) is 5.75 Å². The van der Waals surface area contributed by atoms with Gasteiger partial charge in [-0.3, -0.25) is 19.5 Å². The van der Waals surface area contributed by atoms with Gasteiger partial charge in [-0.15, -0.1) is 0 Å². The molecule has 1 aromatic heterocycles. The first-order chi connectivity index (χ1) is 9.61. The molecular formula is C13H17N3O4. The Morgan fingerprint density at radius 1 is 1.35 bits per heavy atom. The molecule has 7 heteroatoms. The second kappa shape index (κ2) is 6.33. The highest BCUT2D eigenvalue weighted by molar-refractivity contribution is 5.96. The lowest BCUT2D eigenvalue weighted by Crippen LogP contribution is -2.49. The molecule has 1 amide bonds. The molecule has 1 aromatic rings. The van der Waals surface area contributed by atoms with Crippen LogP contribution in [0.15, 0.2) is 18.5 Å². The predicted octanol–water partition coefficient (Wildman–Crippen LogP) is -0.0674. The molecule has 7 nitrogen and oxygen atoms in total. The van der Waals surface area contributed by atoms with Gasteiger partial charge in [-0.2, -0.15) is 0 Å². The van der Waals surface area contributed by atoms with E-state index in [9.17, 15) is 9.59 Å². The molecular weight excluding hydrogens is 262 g/mol. The maximum atomic E-state index is 12.4. The number of piperazine rings is 1. The molecule has 0 bridgehead atoms. The molecule has 0 aliphatic carbocycles. The fourth-order valence-electron chi connectivity index (χ4n) is 2.19. The van der Waals surface area contributed by atoms with Crippen molar-refractivity contribution in [3.05, 3.63) is 24.0 Å². The second-order valence-electron chi connectivity index (χ2n) is 4.54. The number of aromatic nitrogens is 1. The molecule has 20 heavy (non-hydrogen) atoms. The molecule has 1 saturated heterocycles. The summed E-state index contributed by atoms with van der Waals surface area (Å²) in [7, 11) is 1.50. The van der Waals surface area contributed by atoms with Gasteiger partial charge in [-0.05, 0) is 6.07 Å². The summed E-state index contributed by atoms with van der Waals surface area (Å²) >= 11 is 0. The van der Waals surface area contributed by atoms with Crippen molar-refractivity contribution in [1.29, 1.82) is 0 Å². The smallest absolute Gasteiger partial charge is 0.317 e. The Balaban J connectivity index is 2.00. The molecule has 0 aromatic carbocycles. The first-order valence-corrected chi connectivity index (χ1v) is 6.33. The van der Waals surface area contributed by atoms with Crippen molar-refractivity contribution in [1.82, 2.24) is 14.8 Å². The Kier molecular flexibility index (Phi) is 4.52.